The fourth-order valence-electron chi connectivity index (χ4n) is 2.98. The van der Waals surface area contributed by atoms with Gasteiger partial charge >= 0.3 is 0 Å². The summed E-state index contributed by atoms with van der Waals surface area (Å²) in [5.41, 5.74) is 2.08. The average Bonchev–Trinajstić information content (AvgIpc) is 3.02. The van der Waals surface area contributed by atoms with E-state index < -0.39 is 0 Å². The molecule has 2 aromatic rings. The molecule has 0 unspecified atom stereocenters. The van der Waals surface area contributed by atoms with Crippen LogP contribution in [-0.4, -0.2) is 31.9 Å². The van der Waals surface area contributed by atoms with Crippen LogP contribution in [0.3, 0.4) is 0 Å². The van der Waals surface area contributed by atoms with Crippen molar-refractivity contribution in [2.24, 2.45) is 5.92 Å². The molecule has 0 aromatic carbocycles. The van der Waals surface area contributed by atoms with Crippen LogP contribution in [0.2, 0.25) is 0 Å². The van der Waals surface area contributed by atoms with Gasteiger partial charge in [-0.05, 0) is 19.8 Å². The van der Waals surface area contributed by atoms with Crippen molar-refractivity contribution >= 4 is 11.6 Å². The normalized spacial score (nSPS) is 18.9. The third-order valence-corrected chi connectivity index (χ3v) is 3.99. The van der Waals surface area contributed by atoms with Crippen molar-refractivity contribution in [3.05, 3.63) is 33.9 Å². The van der Waals surface area contributed by atoms with Gasteiger partial charge in [0, 0.05) is 30.3 Å². The highest BCUT2D eigenvalue weighted by Gasteiger charge is 2.32. The molecule has 0 aliphatic carbocycles. The van der Waals surface area contributed by atoms with E-state index in [-0.39, 0.29) is 23.4 Å². The fourth-order valence-corrected chi connectivity index (χ4v) is 2.98. The number of hydrogen-bond acceptors (Lipinski definition) is 3. The van der Waals surface area contributed by atoms with Crippen LogP contribution in [0.1, 0.15) is 44.1 Å². The molecule has 1 aliphatic heterocycles. The number of aromatic nitrogens is 3. The number of carbonyl (C=O) groups excluding carboxylic acids is 1. The smallest absolute Gasteiger partial charge is 0.272 e. The van der Waals surface area contributed by atoms with Gasteiger partial charge in [-0.1, -0.05) is 13.8 Å². The Bertz CT molecular complexity index is 744. The Kier molecular flexibility index (Phi) is 3.31. The first-order chi connectivity index (χ1) is 9.97. The summed E-state index contributed by atoms with van der Waals surface area (Å²) >= 11 is 0. The van der Waals surface area contributed by atoms with E-state index in [0.717, 1.165) is 25.1 Å². The lowest BCUT2D eigenvalue weighted by Gasteiger charge is -2.25. The Morgan fingerprint density at radius 3 is 2.90 bits per heavy atom. The average molecular weight is 288 g/mol. The van der Waals surface area contributed by atoms with Gasteiger partial charge in [0.1, 0.15) is 0 Å². The van der Waals surface area contributed by atoms with E-state index in [2.05, 4.69) is 10.1 Å². The minimum Gasteiger partial charge on any atom is -0.334 e. The summed E-state index contributed by atoms with van der Waals surface area (Å²) in [6.45, 7) is 6.41. The largest absolute Gasteiger partial charge is 0.334 e. The Morgan fingerprint density at radius 1 is 1.43 bits per heavy atom. The number of carbonyl (C=O) groups is 1. The molecule has 1 fully saturated rings. The minimum atomic E-state index is -0.122. The summed E-state index contributed by atoms with van der Waals surface area (Å²) in [6.07, 6.45) is 1.90. The fraction of sp³-hybridized carbons (Fsp3) is 0.533. The highest BCUT2D eigenvalue weighted by Crippen LogP contribution is 2.32. The van der Waals surface area contributed by atoms with E-state index in [4.69, 9.17) is 0 Å². The Labute approximate surface area is 122 Å². The van der Waals surface area contributed by atoms with Crippen molar-refractivity contribution in [2.75, 3.05) is 6.54 Å². The van der Waals surface area contributed by atoms with Gasteiger partial charge in [-0.3, -0.25) is 14.7 Å². The van der Waals surface area contributed by atoms with Gasteiger partial charge in [0.25, 0.3) is 5.56 Å². The molecular weight excluding hydrogens is 268 g/mol. The molecule has 0 saturated carbocycles. The number of fused-ring (bicyclic) bond motifs is 1. The molecule has 2 aromatic heterocycles. The molecule has 1 amide bonds. The molecule has 1 saturated heterocycles. The SMILES string of the molecule is Cc1cc(=O)n2[nH]c([C@@H]3CCCN3C(=O)C(C)C)cc2n1. The molecule has 1 atom stereocenters. The number of likely N-dealkylation sites (tertiary alicyclic amines) is 1. The number of aromatic amines is 1. The van der Waals surface area contributed by atoms with Crippen LogP contribution in [0.25, 0.3) is 5.65 Å². The summed E-state index contributed by atoms with van der Waals surface area (Å²) in [4.78, 5) is 30.5. The zero-order chi connectivity index (χ0) is 15.1. The third kappa shape index (κ3) is 2.34. The van der Waals surface area contributed by atoms with E-state index in [1.54, 1.807) is 6.92 Å². The number of H-pyrrole nitrogens is 1. The van der Waals surface area contributed by atoms with Crippen LogP contribution in [0.5, 0.6) is 0 Å². The number of amides is 1. The van der Waals surface area contributed by atoms with E-state index in [1.807, 2.05) is 24.8 Å². The quantitative estimate of drug-likeness (QED) is 0.913. The standard InChI is InChI=1S/C15H20N4O2/c1-9(2)15(21)18-6-4-5-12(18)11-8-13-16-10(3)7-14(20)19(13)17-11/h7-9,12,17H,4-6H2,1-3H3/t12-/m0/s1. The molecule has 3 rings (SSSR count). The molecule has 0 radical (unpaired) electrons. The van der Waals surface area contributed by atoms with Crippen LogP contribution in [0.4, 0.5) is 0 Å². The maximum Gasteiger partial charge on any atom is 0.272 e. The number of rotatable bonds is 2. The predicted molar refractivity (Wildman–Crippen MR) is 79.1 cm³/mol. The molecular formula is C15H20N4O2. The molecule has 1 N–H and O–H groups in total. The zero-order valence-electron chi connectivity index (χ0n) is 12.6. The number of nitrogens with one attached hydrogen (secondary N) is 1. The lowest BCUT2D eigenvalue weighted by Crippen LogP contribution is -2.34. The first-order valence-corrected chi connectivity index (χ1v) is 7.37. The van der Waals surface area contributed by atoms with Gasteiger partial charge in [0.2, 0.25) is 5.91 Å². The monoisotopic (exact) mass is 288 g/mol. The number of nitrogens with zero attached hydrogens (tertiary/aromatic N) is 3. The van der Waals surface area contributed by atoms with E-state index in [9.17, 15) is 9.59 Å². The van der Waals surface area contributed by atoms with Gasteiger partial charge in [-0.25, -0.2) is 9.50 Å². The lowest BCUT2D eigenvalue weighted by molar-refractivity contribution is -0.135. The van der Waals surface area contributed by atoms with Gasteiger partial charge in [0.15, 0.2) is 5.65 Å². The molecule has 0 bridgehead atoms. The second-order valence-electron chi connectivity index (χ2n) is 5.99. The van der Waals surface area contributed by atoms with Crippen molar-refractivity contribution in [3.8, 4) is 0 Å². The summed E-state index contributed by atoms with van der Waals surface area (Å²) in [5, 5.41) is 3.10. The predicted octanol–water partition coefficient (Wildman–Crippen LogP) is 1.65. The maximum absolute atomic E-state index is 12.3. The van der Waals surface area contributed by atoms with Gasteiger partial charge in [0.05, 0.1) is 11.7 Å². The van der Waals surface area contributed by atoms with Gasteiger partial charge in [-0.2, -0.15) is 0 Å². The highest BCUT2D eigenvalue weighted by atomic mass is 16.2. The van der Waals surface area contributed by atoms with E-state index in [0.29, 0.717) is 11.3 Å². The van der Waals surface area contributed by atoms with Crippen LogP contribution in [0, 0.1) is 12.8 Å². The summed E-state index contributed by atoms with van der Waals surface area (Å²) < 4.78 is 1.44. The lowest BCUT2D eigenvalue weighted by atomic mass is 10.1. The van der Waals surface area contributed by atoms with Gasteiger partial charge in [-0.15, -0.1) is 0 Å². The van der Waals surface area contributed by atoms with Crippen LogP contribution in [0.15, 0.2) is 16.9 Å². The van der Waals surface area contributed by atoms with Crippen molar-refractivity contribution in [3.63, 3.8) is 0 Å². The van der Waals surface area contributed by atoms with Crippen LogP contribution in [-0.2, 0) is 4.79 Å². The Morgan fingerprint density at radius 2 is 2.19 bits per heavy atom. The molecule has 0 spiro atoms. The number of hydrogen-bond donors (Lipinski definition) is 1. The maximum atomic E-state index is 12.3. The Balaban J connectivity index is 2.02. The van der Waals surface area contributed by atoms with Crippen molar-refractivity contribution < 1.29 is 4.79 Å². The second kappa shape index (κ2) is 5.02. The van der Waals surface area contributed by atoms with Crippen molar-refractivity contribution in [2.45, 2.75) is 39.7 Å². The highest BCUT2D eigenvalue weighted by molar-refractivity contribution is 5.78. The molecule has 3 heterocycles. The Hall–Kier alpha value is -2.11. The first kappa shape index (κ1) is 13.9. The molecule has 6 nitrogen and oxygen atoms in total. The van der Waals surface area contributed by atoms with Crippen LogP contribution >= 0.6 is 0 Å². The number of aryl methyl sites for hydroxylation is 1. The molecule has 112 valence electrons. The first-order valence-electron chi connectivity index (χ1n) is 7.37. The third-order valence-electron chi connectivity index (χ3n) is 3.99. The minimum absolute atomic E-state index is 0.0151. The zero-order valence-corrected chi connectivity index (χ0v) is 12.6. The molecule has 1 aliphatic rings. The molecule has 6 heteroatoms. The summed E-state index contributed by atoms with van der Waals surface area (Å²) in [6, 6.07) is 3.39. The van der Waals surface area contributed by atoms with E-state index >= 15 is 0 Å². The van der Waals surface area contributed by atoms with E-state index in [1.165, 1.54) is 10.6 Å². The summed E-state index contributed by atoms with van der Waals surface area (Å²) in [5.74, 6) is 0.144. The van der Waals surface area contributed by atoms with Gasteiger partial charge < -0.3 is 4.90 Å². The second-order valence-corrected chi connectivity index (χ2v) is 5.99. The summed E-state index contributed by atoms with van der Waals surface area (Å²) in [7, 11) is 0. The van der Waals surface area contributed by atoms with Crippen molar-refractivity contribution in [1.29, 1.82) is 0 Å². The topological polar surface area (TPSA) is 70.5 Å². The molecule has 21 heavy (non-hydrogen) atoms. The van der Waals surface area contributed by atoms with Crippen molar-refractivity contribution in [1.82, 2.24) is 19.5 Å². The van der Waals surface area contributed by atoms with Crippen LogP contribution < -0.4 is 5.56 Å².